The first-order chi connectivity index (χ1) is 16.1. The van der Waals surface area contributed by atoms with Crippen LogP contribution in [0.4, 0.5) is 4.79 Å². The maximum atomic E-state index is 12.7. The summed E-state index contributed by atoms with van der Waals surface area (Å²) in [6, 6.07) is 20.4. The van der Waals surface area contributed by atoms with Gasteiger partial charge in [-0.25, -0.2) is 9.59 Å². The van der Waals surface area contributed by atoms with Crippen LogP contribution < -0.4 is 5.32 Å². The van der Waals surface area contributed by atoms with Gasteiger partial charge >= 0.3 is 12.1 Å². The molecule has 0 spiro atoms. The molecule has 6 nitrogen and oxygen atoms in total. The SMILES string of the molecule is CCC(NC(=O)OC[C@H]1CC[C@H](COCC(=O)O)CC1)C(c1ccccc1)c1ccccc1. The van der Waals surface area contributed by atoms with E-state index in [1.54, 1.807) is 0 Å². The molecule has 6 heteroatoms. The van der Waals surface area contributed by atoms with Crippen molar-refractivity contribution in [1.82, 2.24) is 5.32 Å². The van der Waals surface area contributed by atoms with Crippen molar-refractivity contribution in [1.29, 1.82) is 0 Å². The van der Waals surface area contributed by atoms with E-state index in [-0.39, 0.29) is 24.7 Å². The average molecular weight is 454 g/mol. The maximum Gasteiger partial charge on any atom is 0.407 e. The maximum absolute atomic E-state index is 12.7. The Labute approximate surface area is 196 Å². The molecule has 0 aromatic heterocycles. The summed E-state index contributed by atoms with van der Waals surface area (Å²) in [7, 11) is 0. The molecule has 0 heterocycles. The number of alkyl carbamates (subject to hydrolysis) is 1. The Bertz CT molecular complexity index is 810. The summed E-state index contributed by atoms with van der Waals surface area (Å²) in [5.74, 6) is -0.163. The van der Waals surface area contributed by atoms with Crippen LogP contribution in [0.1, 0.15) is 56.1 Å². The summed E-state index contributed by atoms with van der Waals surface area (Å²) in [6.07, 6.45) is 4.27. The number of nitrogens with one attached hydrogen (secondary N) is 1. The van der Waals surface area contributed by atoms with Crippen molar-refractivity contribution in [2.45, 2.75) is 51.0 Å². The molecule has 1 amide bonds. The zero-order chi connectivity index (χ0) is 23.5. The molecule has 3 rings (SSSR count). The molecule has 33 heavy (non-hydrogen) atoms. The summed E-state index contributed by atoms with van der Waals surface area (Å²) in [5.41, 5.74) is 2.33. The van der Waals surface area contributed by atoms with Crippen molar-refractivity contribution >= 4 is 12.1 Å². The Morgan fingerprint density at radius 2 is 1.42 bits per heavy atom. The van der Waals surface area contributed by atoms with Gasteiger partial charge in [0.25, 0.3) is 0 Å². The summed E-state index contributed by atoms with van der Waals surface area (Å²) in [5, 5.41) is 11.8. The lowest BCUT2D eigenvalue weighted by molar-refractivity contribution is -0.142. The molecule has 0 radical (unpaired) electrons. The first-order valence-corrected chi connectivity index (χ1v) is 11.9. The Morgan fingerprint density at radius 1 is 0.909 bits per heavy atom. The fourth-order valence-electron chi connectivity index (χ4n) is 4.66. The van der Waals surface area contributed by atoms with Crippen LogP contribution in [-0.2, 0) is 14.3 Å². The van der Waals surface area contributed by atoms with Gasteiger partial charge in [0, 0.05) is 12.0 Å². The number of aliphatic carboxylic acids is 1. The van der Waals surface area contributed by atoms with Gasteiger partial charge in [-0.15, -0.1) is 0 Å². The van der Waals surface area contributed by atoms with E-state index in [0.717, 1.165) is 32.1 Å². The predicted octanol–water partition coefficient (Wildman–Crippen LogP) is 5.23. The fraction of sp³-hybridized carbons (Fsp3) is 0.481. The highest BCUT2D eigenvalue weighted by Gasteiger charge is 2.27. The van der Waals surface area contributed by atoms with Crippen molar-refractivity contribution in [2.24, 2.45) is 11.8 Å². The van der Waals surface area contributed by atoms with Crippen LogP contribution in [0.3, 0.4) is 0 Å². The number of carboxylic acid groups (broad SMARTS) is 1. The number of ether oxygens (including phenoxy) is 2. The van der Waals surface area contributed by atoms with E-state index >= 15 is 0 Å². The Balaban J connectivity index is 1.50. The first-order valence-electron chi connectivity index (χ1n) is 11.9. The molecule has 1 aliphatic rings. The van der Waals surface area contributed by atoms with Crippen molar-refractivity contribution in [2.75, 3.05) is 19.8 Å². The van der Waals surface area contributed by atoms with Crippen LogP contribution in [0, 0.1) is 11.8 Å². The molecule has 1 fully saturated rings. The molecule has 1 saturated carbocycles. The van der Waals surface area contributed by atoms with Gasteiger partial charge in [0.05, 0.1) is 13.2 Å². The molecule has 178 valence electrons. The monoisotopic (exact) mass is 453 g/mol. The van der Waals surface area contributed by atoms with E-state index in [4.69, 9.17) is 14.6 Å². The quantitative estimate of drug-likeness (QED) is 0.487. The van der Waals surface area contributed by atoms with Gasteiger partial charge in [-0.05, 0) is 55.1 Å². The van der Waals surface area contributed by atoms with Gasteiger partial charge in [0.2, 0.25) is 0 Å². The third-order valence-electron chi connectivity index (χ3n) is 6.46. The van der Waals surface area contributed by atoms with Crippen LogP contribution >= 0.6 is 0 Å². The molecule has 0 saturated heterocycles. The number of carbonyl (C=O) groups excluding carboxylic acids is 1. The van der Waals surface area contributed by atoms with E-state index in [1.807, 2.05) is 36.4 Å². The number of carboxylic acids is 1. The van der Waals surface area contributed by atoms with Crippen LogP contribution in [0.25, 0.3) is 0 Å². The first kappa shape index (κ1) is 24.8. The zero-order valence-corrected chi connectivity index (χ0v) is 19.3. The standard InChI is InChI=1S/C27H35NO5/c1-2-24(26(22-9-5-3-6-10-22)23-11-7-4-8-12-23)28-27(31)33-18-21-15-13-20(14-16-21)17-32-19-25(29)30/h3-12,20-21,24,26H,2,13-19H2,1H3,(H,28,31)(H,29,30)/t20-,21-,24?. The molecule has 2 aromatic rings. The second-order valence-corrected chi connectivity index (χ2v) is 8.85. The Morgan fingerprint density at radius 3 is 1.91 bits per heavy atom. The van der Waals surface area contributed by atoms with Gasteiger partial charge in [-0.1, -0.05) is 67.6 Å². The number of hydrogen-bond donors (Lipinski definition) is 2. The summed E-state index contributed by atoms with van der Waals surface area (Å²) >= 11 is 0. The van der Waals surface area contributed by atoms with Crippen molar-refractivity contribution in [3.8, 4) is 0 Å². The van der Waals surface area contributed by atoms with Gasteiger partial charge in [0.15, 0.2) is 0 Å². The number of benzene rings is 2. The number of carbonyl (C=O) groups is 2. The molecule has 2 aromatic carbocycles. The Hall–Kier alpha value is -2.86. The minimum Gasteiger partial charge on any atom is -0.480 e. The van der Waals surface area contributed by atoms with Gasteiger partial charge in [-0.3, -0.25) is 0 Å². The molecule has 2 N–H and O–H groups in total. The minimum absolute atomic E-state index is 0.0474. The van der Waals surface area contributed by atoms with Crippen molar-refractivity contribution in [3.63, 3.8) is 0 Å². The van der Waals surface area contributed by atoms with Gasteiger partial charge in [0.1, 0.15) is 6.61 Å². The lowest BCUT2D eigenvalue weighted by Gasteiger charge is -2.30. The van der Waals surface area contributed by atoms with Crippen LogP contribution in [-0.4, -0.2) is 43.0 Å². The smallest absolute Gasteiger partial charge is 0.407 e. The van der Waals surface area contributed by atoms with E-state index < -0.39 is 5.97 Å². The average Bonchev–Trinajstić information content (AvgIpc) is 2.84. The fourth-order valence-corrected chi connectivity index (χ4v) is 4.66. The van der Waals surface area contributed by atoms with E-state index in [0.29, 0.717) is 25.0 Å². The van der Waals surface area contributed by atoms with E-state index in [2.05, 4.69) is 36.5 Å². The minimum atomic E-state index is -0.935. The van der Waals surface area contributed by atoms with E-state index in [1.165, 1.54) is 11.1 Å². The molecular weight excluding hydrogens is 418 g/mol. The second kappa shape index (κ2) is 13.0. The lowest BCUT2D eigenvalue weighted by Crippen LogP contribution is -2.40. The summed E-state index contributed by atoms with van der Waals surface area (Å²) < 4.78 is 10.8. The third kappa shape index (κ3) is 7.90. The Kier molecular flexibility index (Phi) is 9.76. The van der Waals surface area contributed by atoms with Crippen molar-refractivity contribution in [3.05, 3.63) is 71.8 Å². The molecule has 1 aliphatic carbocycles. The number of amides is 1. The van der Waals surface area contributed by atoms with Gasteiger partial charge < -0.3 is 19.9 Å². The summed E-state index contributed by atoms with van der Waals surface area (Å²) in [4.78, 5) is 23.2. The highest BCUT2D eigenvalue weighted by Crippen LogP contribution is 2.31. The third-order valence-corrected chi connectivity index (χ3v) is 6.46. The highest BCUT2D eigenvalue weighted by atomic mass is 16.5. The molecule has 0 bridgehead atoms. The van der Waals surface area contributed by atoms with Gasteiger partial charge in [-0.2, -0.15) is 0 Å². The topological polar surface area (TPSA) is 84.9 Å². The summed E-state index contributed by atoms with van der Waals surface area (Å²) in [6.45, 7) is 2.73. The molecular formula is C27H35NO5. The molecule has 0 aliphatic heterocycles. The molecule has 1 atom stereocenters. The number of rotatable bonds is 11. The van der Waals surface area contributed by atoms with Crippen LogP contribution in [0.2, 0.25) is 0 Å². The largest absolute Gasteiger partial charge is 0.480 e. The lowest BCUT2D eigenvalue weighted by atomic mass is 9.83. The zero-order valence-electron chi connectivity index (χ0n) is 19.3. The predicted molar refractivity (Wildman–Crippen MR) is 127 cm³/mol. The normalized spacial score (nSPS) is 19.1. The van der Waals surface area contributed by atoms with Crippen LogP contribution in [0.5, 0.6) is 0 Å². The van der Waals surface area contributed by atoms with Crippen molar-refractivity contribution < 1.29 is 24.2 Å². The second-order valence-electron chi connectivity index (χ2n) is 8.85. The molecule has 1 unspecified atom stereocenters. The highest BCUT2D eigenvalue weighted by molar-refractivity contribution is 5.68. The van der Waals surface area contributed by atoms with Crippen LogP contribution in [0.15, 0.2) is 60.7 Å². The van der Waals surface area contributed by atoms with E-state index in [9.17, 15) is 9.59 Å². The number of hydrogen-bond acceptors (Lipinski definition) is 4.